The van der Waals surface area contributed by atoms with Crippen LogP contribution >= 0.6 is 23.5 Å². The molecule has 0 aliphatic heterocycles. The van der Waals surface area contributed by atoms with Crippen LogP contribution in [0.2, 0.25) is 0 Å². The molecule has 4 rings (SSSR count). The predicted molar refractivity (Wildman–Crippen MR) is 284 cm³/mol. The molecule has 0 unspecified atom stereocenters. The molecule has 0 amide bonds. The molecule has 0 aliphatic carbocycles. The molecule has 4 aromatic rings. The summed E-state index contributed by atoms with van der Waals surface area (Å²) in [5.74, 6) is -2.21. The summed E-state index contributed by atoms with van der Waals surface area (Å²) < 4.78 is 50.8. The Morgan fingerprint density at radius 2 is 0.863 bits per heavy atom. The molecule has 4 atom stereocenters. The summed E-state index contributed by atoms with van der Waals surface area (Å²) in [6, 6.07) is 16.0. The number of hydrogen-bond donors (Lipinski definition) is 4. The number of hydrogen-bond acceptors (Lipinski definition) is 18. The number of benzene rings is 2. The Bertz CT molecular complexity index is 2560. The molecule has 0 saturated carbocycles. The fraction of sp³-hybridized carbons (Fsp3) is 0.480. The quantitative estimate of drug-likeness (QED) is 0.0547. The molecule has 0 bridgehead atoms. The van der Waals surface area contributed by atoms with Gasteiger partial charge in [0.1, 0.15) is 10.1 Å². The van der Waals surface area contributed by atoms with Crippen molar-refractivity contribution in [3.8, 4) is 0 Å². The maximum Gasteiger partial charge on any atom is 2.00 e. The van der Waals surface area contributed by atoms with Gasteiger partial charge in [-0.2, -0.15) is 0 Å². The first kappa shape index (κ1) is 65.4. The van der Waals surface area contributed by atoms with Crippen LogP contribution in [0.3, 0.4) is 0 Å². The minimum atomic E-state index is -3.60. The summed E-state index contributed by atoms with van der Waals surface area (Å²) in [7, 11) is -4.43. The largest absolute Gasteiger partial charge is 2.00 e. The van der Waals surface area contributed by atoms with Crippen molar-refractivity contribution in [3.63, 3.8) is 0 Å². The number of carboxylic acid groups (broad SMARTS) is 2. The van der Waals surface area contributed by atoms with E-state index >= 15 is 0 Å². The first-order valence-electron chi connectivity index (χ1n) is 23.1. The summed E-state index contributed by atoms with van der Waals surface area (Å²) in [4.78, 5) is 41.3. The Morgan fingerprint density at radius 1 is 0.562 bits per heavy atom. The van der Waals surface area contributed by atoms with E-state index in [1.807, 2.05) is 76.2 Å². The topological polar surface area (TPSA) is 287 Å². The summed E-state index contributed by atoms with van der Waals surface area (Å²) in [6.45, 7) is 16.1. The molecule has 396 valence electrons. The number of carbonyl (C=O) groups is 2. The second-order valence-electron chi connectivity index (χ2n) is 18.5. The van der Waals surface area contributed by atoms with Crippen molar-refractivity contribution in [2.45, 2.75) is 149 Å². The van der Waals surface area contributed by atoms with Crippen LogP contribution in [-0.2, 0) is 29.6 Å². The molecular formula is C50H68CaN6O12S4. The molecule has 0 saturated heterocycles. The van der Waals surface area contributed by atoms with Gasteiger partial charge in [0.15, 0.2) is 0 Å². The van der Waals surface area contributed by atoms with E-state index in [0.29, 0.717) is 44.4 Å². The molecule has 0 radical (unpaired) electrons. The van der Waals surface area contributed by atoms with Gasteiger partial charge in [-0.15, -0.1) is 0 Å². The zero-order chi connectivity index (χ0) is 54.4. The Hall–Kier alpha value is -3.68. The van der Waals surface area contributed by atoms with Crippen molar-refractivity contribution >= 4 is 117 Å². The van der Waals surface area contributed by atoms with E-state index in [-0.39, 0.29) is 74.3 Å². The van der Waals surface area contributed by atoms with Gasteiger partial charge in [-0.05, 0) is 59.1 Å². The minimum absolute atomic E-state index is 0. The third-order valence-electron chi connectivity index (χ3n) is 10.8. The van der Waals surface area contributed by atoms with Crippen molar-refractivity contribution in [2.24, 2.45) is 0 Å². The van der Waals surface area contributed by atoms with Gasteiger partial charge < -0.3 is 40.2 Å². The first-order chi connectivity index (χ1) is 33.4. The van der Waals surface area contributed by atoms with Gasteiger partial charge in [0.2, 0.25) is 31.9 Å². The van der Waals surface area contributed by atoms with E-state index in [9.17, 15) is 57.1 Å². The molecule has 2 aromatic carbocycles. The summed E-state index contributed by atoms with van der Waals surface area (Å²) in [6.07, 6.45) is 2.00. The molecular weight excluding hydrogens is 1040 g/mol. The van der Waals surface area contributed by atoms with Gasteiger partial charge >= 0.3 is 37.7 Å². The number of aliphatic hydroxyl groups is 4. The van der Waals surface area contributed by atoms with E-state index < -0.39 is 69.2 Å². The normalized spacial score (nSPS) is 13.8. The fourth-order valence-corrected chi connectivity index (χ4v) is 9.15. The maximum absolute atomic E-state index is 12.2. The van der Waals surface area contributed by atoms with Crippen LogP contribution in [0.5, 0.6) is 0 Å². The summed E-state index contributed by atoms with van der Waals surface area (Å²) in [5.41, 5.74) is 4.72. The van der Waals surface area contributed by atoms with Crippen LogP contribution < -0.4 is 18.8 Å². The Labute approximate surface area is 469 Å². The Kier molecular flexibility index (Phi) is 26.5. The monoisotopic (exact) mass is 1110 g/mol. The van der Waals surface area contributed by atoms with Gasteiger partial charge in [-0.25, -0.2) is 45.4 Å². The molecule has 18 nitrogen and oxygen atoms in total. The summed E-state index contributed by atoms with van der Waals surface area (Å²) >= 11 is 2.68. The van der Waals surface area contributed by atoms with Gasteiger partial charge in [0, 0.05) is 72.6 Å². The zero-order valence-electron chi connectivity index (χ0n) is 43.5. The zero-order valence-corrected chi connectivity index (χ0v) is 48.9. The third-order valence-corrected chi connectivity index (χ3v) is 15.2. The standard InChI is InChI=1S/2C25H35N3O6S2.Ca/c2*1-15(2)17-7-10-20(11-8-17)35-24-21(12-9-18(29)13-19(30)14-22(31)32)23(16(3)4)26-25(27-24)28(5)36(6,33)34;/h2*7-12,15-16,18-19,29-30H,13-14H2,1-6H3,(H,31,32);/q;;+2/p-2/b2*12-9+;/t2*18-,19-;/m11./s1. The smallest absolute Gasteiger partial charge is 0.550 e. The summed E-state index contributed by atoms with van der Waals surface area (Å²) in [5, 5.41) is 62.7. The van der Waals surface area contributed by atoms with Crippen molar-refractivity contribution in [3.05, 3.63) is 94.3 Å². The fourth-order valence-electron chi connectivity index (χ4n) is 6.58. The van der Waals surface area contributed by atoms with Gasteiger partial charge in [-0.1, -0.05) is 127 Å². The molecule has 23 heteroatoms. The van der Waals surface area contributed by atoms with Crippen LogP contribution in [0.15, 0.2) is 80.5 Å². The Morgan fingerprint density at radius 3 is 1.11 bits per heavy atom. The number of carboxylic acids is 2. The molecule has 0 spiro atoms. The van der Waals surface area contributed by atoms with Gasteiger partial charge in [0.05, 0.1) is 48.3 Å². The van der Waals surface area contributed by atoms with E-state index in [1.54, 1.807) is 12.2 Å². The van der Waals surface area contributed by atoms with Crippen molar-refractivity contribution in [2.75, 3.05) is 35.2 Å². The Balaban J connectivity index is 0.000000493. The second-order valence-corrected chi connectivity index (χ2v) is 24.6. The number of aromatic nitrogens is 4. The average molecular weight is 1110 g/mol. The van der Waals surface area contributed by atoms with Gasteiger partial charge in [0.25, 0.3) is 0 Å². The first-order valence-corrected chi connectivity index (χ1v) is 28.5. The van der Waals surface area contributed by atoms with Crippen LogP contribution in [0.1, 0.15) is 138 Å². The van der Waals surface area contributed by atoms with Crippen molar-refractivity contribution in [1.82, 2.24) is 19.9 Å². The number of aliphatic hydroxyl groups excluding tert-OH is 4. The number of sulfonamides is 2. The second kappa shape index (κ2) is 29.6. The number of anilines is 2. The molecule has 2 aromatic heterocycles. The molecule has 73 heavy (non-hydrogen) atoms. The minimum Gasteiger partial charge on any atom is -0.550 e. The SMILES string of the molecule is CC(C)c1ccc(Sc2nc(N(C)S(C)(=O)=O)nc(C(C)C)c2/C=C/[C@@H](O)C[C@@H](O)CC(=O)[O-])cc1.CC(C)c1ccc(Sc2nc(N(C)S(C)(=O)=O)nc(C(C)C)c2/C=C/[C@@H](O)C[C@@H](O)CC(=O)[O-])cc1.[Ca+2]. The van der Waals surface area contributed by atoms with Crippen molar-refractivity contribution in [1.29, 1.82) is 0 Å². The van der Waals surface area contributed by atoms with Crippen molar-refractivity contribution < 1.29 is 57.1 Å². The van der Waals surface area contributed by atoms with E-state index in [2.05, 4.69) is 47.6 Å². The van der Waals surface area contributed by atoms with Crippen LogP contribution in [0.4, 0.5) is 11.9 Å². The van der Waals surface area contributed by atoms with E-state index in [1.165, 1.54) is 60.9 Å². The maximum atomic E-state index is 12.2. The van der Waals surface area contributed by atoms with Crippen LogP contribution in [-0.4, -0.2) is 158 Å². The molecule has 2 heterocycles. The average Bonchev–Trinajstić information content (AvgIpc) is 3.26. The molecule has 0 aliphatic rings. The van der Waals surface area contributed by atoms with Crippen LogP contribution in [0.25, 0.3) is 12.2 Å². The number of nitrogens with zero attached hydrogens (tertiary/aromatic N) is 6. The van der Waals surface area contributed by atoms with Gasteiger partial charge in [-0.3, -0.25) is 0 Å². The molecule has 0 fully saturated rings. The van der Waals surface area contributed by atoms with Crippen LogP contribution in [0, 0.1) is 0 Å². The number of aliphatic carboxylic acids is 2. The van der Waals surface area contributed by atoms with E-state index in [0.717, 1.165) is 30.9 Å². The third kappa shape index (κ3) is 21.5. The molecule has 4 N–H and O–H groups in total. The number of carbonyl (C=O) groups excluding carboxylic acids is 2. The van der Waals surface area contributed by atoms with E-state index in [4.69, 9.17) is 0 Å². The predicted octanol–water partition coefficient (Wildman–Crippen LogP) is 4.69. The number of rotatable bonds is 24.